The number of rotatable bonds is 6. The molecular formula is C10H15NO5. The van der Waals surface area contributed by atoms with Gasteiger partial charge in [0.2, 0.25) is 0 Å². The van der Waals surface area contributed by atoms with Gasteiger partial charge in [-0.25, -0.2) is 4.79 Å². The van der Waals surface area contributed by atoms with Gasteiger partial charge in [-0.15, -0.1) is 0 Å². The Morgan fingerprint density at radius 3 is 2.31 bits per heavy atom. The molecule has 0 saturated carbocycles. The van der Waals surface area contributed by atoms with Gasteiger partial charge in [0.25, 0.3) is 5.91 Å². The predicted octanol–water partition coefficient (Wildman–Crippen LogP) is -1.26. The summed E-state index contributed by atoms with van der Waals surface area (Å²) in [6, 6.07) is 0. The van der Waals surface area contributed by atoms with Crippen molar-refractivity contribution >= 4 is 11.9 Å². The van der Waals surface area contributed by atoms with Crippen molar-refractivity contribution in [1.82, 2.24) is 5.32 Å². The second kappa shape index (κ2) is 7.61. The van der Waals surface area contributed by atoms with Crippen molar-refractivity contribution in [3.63, 3.8) is 0 Å². The number of carbonyl (C=O) groups excluding carboxylic acids is 2. The summed E-state index contributed by atoms with van der Waals surface area (Å²) in [5.41, 5.74) is 0.138. The van der Waals surface area contributed by atoms with E-state index in [0.717, 1.165) is 6.08 Å². The zero-order valence-electron chi connectivity index (χ0n) is 9.02. The maximum atomic E-state index is 11.4. The van der Waals surface area contributed by atoms with Crippen LogP contribution < -0.4 is 5.32 Å². The van der Waals surface area contributed by atoms with E-state index in [2.05, 4.69) is 16.6 Å². The summed E-state index contributed by atoms with van der Waals surface area (Å²) < 4.78 is 4.66. The second-order valence-corrected chi connectivity index (χ2v) is 2.79. The van der Waals surface area contributed by atoms with Crippen LogP contribution in [-0.4, -0.2) is 49.0 Å². The summed E-state index contributed by atoms with van der Waals surface area (Å²) in [5.74, 6) is -1.20. The average Bonchev–Trinajstić information content (AvgIpc) is 2.32. The van der Waals surface area contributed by atoms with Crippen molar-refractivity contribution in [2.45, 2.75) is 0 Å². The normalized spacial score (nSPS) is 9.19. The van der Waals surface area contributed by atoms with Gasteiger partial charge in [-0.3, -0.25) is 4.79 Å². The monoisotopic (exact) mass is 229 g/mol. The Bertz CT molecular complexity index is 302. The molecule has 0 rings (SSSR count). The van der Waals surface area contributed by atoms with Gasteiger partial charge in [-0.2, -0.15) is 0 Å². The Morgan fingerprint density at radius 2 is 1.94 bits per heavy atom. The fourth-order valence-corrected chi connectivity index (χ4v) is 0.922. The van der Waals surface area contributed by atoms with Crippen molar-refractivity contribution < 1.29 is 24.5 Å². The van der Waals surface area contributed by atoms with Crippen LogP contribution in [0, 0.1) is 0 Å². The first-order valence-electron chi connectivity index (χ1n) is 4.54. The van der Waals surface area contributed by atoms with Crippen LogP contribution in [0.4, 0.5) is 0 Å². The van der Waals surface area contributed by atoms with Crippen LogP contribution in [0.5, 0.6) is 0 Å². The van der Waals surface area contributed by atoms with Gasteiger partial charge in [-0.05, 0) is 5.57 Å². The van der Waals surface area contributed by atoms with Gasteiger partial charge in [0.1, 0.15) is 6.61 Å². The summed E-state index contributed by atoms with van der Waals surface area (Å²) >= 11 is 0. The van der Waals surface area contributed by atoms with Crippen molar-refractivity contribution in [1.29, 1.82) is 0 Å². The Hall–Kier alpha value is -1.66. The molecule has 16 heavy (non-hydrogen) atoms. The summed E-state index contributed by atoms with van der Waals surface area (Å²) in [6.45, 7) is 1.92. The van der Waals surface area contributed by atoms with Crippen LogP contribution in [0.15, 0.2) is 23.8 Å². The Balaban J connectivity index is 4.81. The molecule has 0 atom stereocenters. The smallest absolute Gasteiger partial charge is 0.330 e. The molecule has 6 heteroatoms. The van der Waals surface area contributed by atoms with E-state index in [1.54, 1.807) is 0 Å². The number of esters is 1. The lowest BCUT2D eigenvalue weighted by Gasteiger charge is -2.10. The molecule has 6 nitrogen and oxygen atoms in total. The summed E-state index contributed by atoms with van der Waals surface area (Å²) in [4.78, 5) is 22.2. The van der Waals surface area contributed by atoms with E-state index in [-0.39, 0.29) is 17.8 Å². The van der Waals surface area contributed by atoms with Crippen LogP contribution in [0.2, 0.25) is 0 Å². The zero-order valence-corrected chi connectivity index (χ0v) is 9.02. The van der Waals surface area contributed by atoms with Gasteiger partial charge in [-0.1, -0.05) is 6.58 Å². The minimum atomic E-state index is -0.684. The second-order valence-electron chi connectivity index (χ2n) is 2.79. The molecule has 0 heterocycles. The van der Waals surface area contributed by atoms with Crippen LogP contribution >= 0.6 is 0 Å². The molecule has 3 N–H and O–H groups in total. The molecule has 0 bridgehead atoms. The number of hydrogen-bond acceptors (Lipinski definition) is 5. The molecule has 0 aromatic carbocycles. The lowest BCUT2D eigenvalue weighted by molar-refractivity contribution is -0.137. The number of carbonyl (C=O) groups is 2. The first kappa shape index (κ1) is 14.3. The molecule has 90 valence electrons. The highest BCUT2D eigenvalue weighted by atomic mass is 16.5. The van der Waals surface area contributed by atoms with Gasteiger partial charge in [0.05, 0.1) is 18.8 Å². The minimum absolute atomic E-state index is 0.0303. The number of aliphatic hydroxyl groups excluding tert-OH is 2. The van der Waals surface area contributed by atoms with Crippen LogP contribution in [-0.2, 0) is 14.3 Å². The van der Waals surface area contributed by atoms with Gasteiger partial charge in [0.15, 0.2) is 0 Å². The molecule has 0 saturated heterocycles. The highest BCUT2D eigenvalue weighted by Crippen LogP contribution is 2.05. The first-order chi connectivity index (χ1) is 7.60. The predicted molar refractivity (Wildman–Crippen MR) is 56.4 cm³/mol. The lowest BCUT2D eigenvalue weighted by Crippen LogP contribution is -2.26. The van der Waals surface area contributed by atoms with Crippen molar-refractivity contribution in [3.05, 3.63) is 23.8 Å². The summed E-state index contributed by atoms with van der Waals surface area (Å²) in [6.07, 6.45) is 0.957. The molecule has 0 fully saturated rings. The number of ether oxygens (including phenoxy) is 1. The molecule has 0 aromatic rings. The molecule has 0 spiro atoms. The first-order valence-corrected chi connectivity index (χ1v) is 4.54. The summed E-state index contributed by atoms with van der Waals surface area (Å²) in [5, 5.41) is 20.1. The van der Waals surface area contributed by atoms with Crippen molar-refractivity contribution in [2.75, 3.05) is 26.9 Å². The van der Waals surface area contributed by atoms with Gasteiger partial charge < -0.3 is 20.3 Å². The molecule has 0 unspecified atom stereocenters. The average molecular weight is 229 g/mol. The molecule has 1 amide bonds. The minimum Gasteiger partial charge on any atom is -0.457 e. The molecule has 0 aliphatic heterocycles. The van der Waals surface area contributed by atoms with Crippen LogP contribution in [0.3, 0.4) is 0 Å². The fraction of sp³-hybridized carbons (Fsp3) is 0.400. The van der Waals surface area contributed by atoms with E-state index in [0.29, 0.717) is 0 Å². The number of likely N-dealkylation sites (N-methyl/N-ethyl adjacent to an activating group) is 1. The quantitative estimate of drug-likeness (QED) is 0.390. The maximum absolute atomic E-state index is 11.4. The number of hydrogen-bond donors (Lipinski definition) is 3. The third-order valence-corrected chi connectivity index (χ3v) is 1.84. The maximum Gasteiger partial charge on any atom is 0.330 e. The van der Waals surface area contributed by atoms with E-state index >= 15 is 0 Å². The molecule has 0 aromatic heterocycles. The molecule has 0 aliphatic carbocycles. The number of aliphatic hydroxyl groups is 2. The Labute approximate surface area is 93.2 Å². The lowest BCUT2D eigenvalue weighted by atomic mass is 10.1. The number of nitrogens with one attached hydrogen (secondary N) is 1. The third kappa shape index (κ3) is 4.24. The zero-order chi connectivity index (χ0) is 12.6. The van der Waals surface area contributed by atoms with E-state index < -0.39 is 25.1 Å². The fourth-order valence-electron chi connectivity index (χ4n) is 0.922. The van der Waals surface area contributed by atoms with Gasteiger partial charge in [0, 0.05) is 13.1 Å². The standard InChI is InChI=1S/C10H15NO5/c1-3-9(14)16-6-8(10(15)11-2)7(4-12)5-13/h3,12-13H,1,4-6H2,2H3,(H,11,15). The SMILES string of the molecule is C=CC(=O)OCC(C(=O)NC)=C(CO)CO. The van der Waals surface area contributed by atoms with E-state index in [4.69, 9.17) is 10.2 Å². The molecule has 0 aliphatic rings. The Kier molecular flexibility index (Phi) is 6.82. The topological polar surface area (TPSA) is 95.9 Å². The Morgan fingerprint density at radius 1 is 1.38 bits per heavy atom. The van der Waals surface area contributed by atoms with Crippen molar-refractivity contribution in [2.24, 2.45) is 0 Å². The summed E-state index contributed by atoms with van der Waals surface area (Å²) in [7, 11) is 1.39. The van der Waals surface area contributed by atoms with Crippen molar-refractivity contribution in [3.8, 4) is 0 Å². The van der Waals surface area contributed by atoms with Gasteiger partial charge >= 0.3 is 5.97 Å². The largest absolute Gasteiger partial charge is 0.457 e. The van der Waals surface area contributed by atoms with E-state index in [9.17, 15) is 9.59 Å². The van der Waals surface area contributed by atoms with Crippen LogP contribution in [0.25, 0.3) is 0 Å². The highest BCUT2D eigenvalue weighted by molar-refractivity contribution is 5.95. The molecule has 0 radical (unpaired) electrons. The number of amides is 1. The van der Waals surface area contributed by atoms with Crippen LogP contribution in [0.1, 0.15) is 0 Å². The third-order valence-electron chi connectivity index (χ3n) is 1.84. The molecular weight excluding hydrogens is 214 g/mol. The highest BCUT2D eigenvalue weighted by Gasteiger charge is 2.14. The van der Waals surface area contributed by atoms with E-state index in [1.165, 1.54) is 7.05 Å². The van der Waals surface area contributed by atoms with E-state index in [1.807, 2.05) is 0 Å².